The minimum Gasteiger partial charge on any atom is -0.493 e. The first-order valence-electron chi connectivity index (χ1n) is 11.1. The Bertz CT molecular complexity index is 1240. The number of fused-ring (bicyclic) bond motifs is 1. The first-order valence-corrected chi connectivity index (χ1v) is 11.1. The third-order valence-electron chi connectivity index (χ3n) is 6.49. The Morgan fingerprint density at radius 3 is 2.55 bits per heavy atom. The fraction of sp³-hybridized carbons (Fsp3) is 0.259. The monoisotopic (exact) mass is 441 g/mol. The number of hydrogen-bond donors (Lipinski definition) is 1. The SMILES string of the molecule is C=CC(=O)n1nc(NC2CC2)c2c1CC(c1ccccc1)(c1ccc(OC)c(OC)c1)C=C2. The number of ether oxygens (including phenoxy) is 2. The van der Waals surface area contributed by atoms with Gasteiger partial charge in [0.1, 0.15) is 0 Å². The van der Waals surface area contributed by atoms with Gasteiger partial charge in [0.2, 0.25) is 0 Å². The van der Waals surface area contributed by atoms with Gasteiger partial charge in [-0.25, -0.2) is 0 Å². The molecule has 0 amide bonds. The zero-order valence-corrected chi connectivity index (χ0v) is 18.9. The van der Waals surface area contributed by atoms with Crippen LogP contribution in [0.25, 0.3) is 6.08 Å². The van der Waals surface area contributed by atoms with Gasteiger partial charge in [-0.3, -0.25) is 4.79 Å². The van der Waals surface area contributed by atoms with Crippen LogP contribution in [0, 0.1) is 0 Å². The first-order chi connectivity index (χ1) is 16.1. The van der Waals surface area contributed by atoms with Gasteiger partial charge in [0.25, 0.3) is 5.91 Å². The molecule has 1 atom stereocenters. The van der Waals surface area contributed by atoms with Crippen LogP contribution < -0.4 is 14.8 Å². The van der Waals surface area contributed by atoms with E-state index in [1.165, 1.54) is 10.8 Å². The minimum atomic E-state index is -0.510. The van der Waals surface area contributed by atoms with Crippen molar-refractivity contribution in [2.75, 3.05) is 19.5 Å². The number of rotatable bonds is 7. The molecule has 33 heavy (non-hydrogen) atoms. The van der Waals surface area contributed by atoms with Crippen LogP contribution in [0.15, 0.2) is 67.3 Å². The summed E-state index contributed by atoms with van der Waals surface area (Å²) in [7, 11) is 3.27. The van der Waals surface area contributed by atoms with E-state index < -0.39 is 5.41 Å². The summed E-state index contributed by atoms with van der Waals surface area (Å²) in [5, 5.41) is 8.12. The summed E-state index contributed by atoms with van der Waals surface area (Å²) in [6.45, 7) is 3.68. The van der Waals surface area contributed by atoms with Crippen LogP contribution in [0.1, 0.15) is 40.0 Å². The zero-order valence-electron chi connectivity index (χ0n) is 18.9. The smallest absolute Gasteiger partial charge is 0.270 e. The number of nitrogens with one attached hydrogen (secondary N) is 1. The molecular weight excluding hydrogens is 414 g/mol. The van der Waals surface area contributed by atoms with Gasteiger partial charge in [-0.15, -0.1) is 5.10 Å². The van der Waals surface area contributed by atoms with Crippen LogP contribution in [-0.2, 0) is 11.8 Å². The Balaban J connectivity index is 1.69. The average molecular weight is 442 g/mol. The van der Waals surface area contributed by atoms with Crippen LogP contribution in [0.4, 0.5) is 5.82 Å². The van der Waals surface area contributed by atoms with E-state index in [1.54, 1.807) is 14.2 Å². The molecule has 2 aliphatic rings. The quantitative estimate of drug-likeness (QED) is 0.531. The molecule has 0 saturated heterocycles. The molecule has 1 aromatic heterocycles. The van der Waals surface area contributed by atoms with Crippen LogP contribution in [0.5, 0.6) is 11.5 Å². The van der Waals surface area contributed by atoms with E-state index in [0.717, 1.165) is 41.0 Å². The molecule has 6 heteroatoms. The number of aromatic nitrogens is 2. The summed E-state index contributed by atoms with van der Waals surface area (Å²) < 4.78 is 12.6. The molecule has 1 saturated carbocycles. The number of nitrogens with zero attached hydrogens (tertiary/aromatic N) is 2. The predicted octanol–water partition coefficient (Wildman–Crippen LogP) is 4.86. The number of anilines is 1. The van der Waals surface area contributed by atoms with Crippen molar-refractivity contribution in [2.45, 2.75) is 30.7 Å². The third-order valence-corrected chi connectivity index (χ3v) is 6.49. The maximum Gasteiger partial charge on any atom is 0.270 e. The zero-order chi connectivity index (χ0) is 23.0. The van der Waals surface area contributed by atoms with Gasteiger partial charge in [0.15, 0.2) is 17.3 Å². The van der Waals surface area contributed by atoms with Crippen molar-refractivity contribution < 1.29 is 14.3 Å². The highest BCUT2D eigenvalue weighted by Gasteiger charge is 2.39. The summed E-state index contributed by atoms with van der Waals surface area (Å²) in [5.41, 5.74) is 3.48. The standard InChI is InChI=1S/C27H27N3O3/c1-4-25(31)30-22-17-27(18-8-6-5-7-9-18,19-10-13-23(32-2)24(16-19)33-3)15-14-21(22)26(29-30)28-20-11-12-20/h4-10,13-16,20H,1,11-12,17H2,2-3H3,(H,28,29). The van der Waals surface area contributed by atoms with Crippen LogP contribution >= 0.6 is 0 Å². The van der Waals surface area contributed by atoms with E-state index in [1.807, 2.05) is 30.3 Å². The number of methoxy groups -OCH3 is 2. The Kier molecular flexibility index (Phi) is 5.29. The van der Waals surface area contributed by atoms with Crippen molar-refractivity contribution in [3.8, 4) is 11.5 Å². The average Bonchev–Trinajstić information content (AvgIpc) is 3.63. The normalized spacial score (nSPS) is 19.0. The van der Waals surface area contributed by atoms with Crippen molar-refractivity contribution >= 4 is 17.8 Å². The number of carbonyl (C=O) groups excluding carboxylic acids is 1. The molecule has 1 heterocycles. The highest BCUT2D eigenvalue weighted by molar-refractivity contribution is 5.91. The second-order valence-electron chi connectivity index (χ2n) is 8.50. The number of carbonyl (C=O) groups is 1. The molecule has 3 aromatic rings. The largest absolute Gasteiger partial charge is 0.493 e. The lowest BCUT2D eigenvalue weighted by molar-refractivity contribution is 0.0950. The van der Waals surface area contributed by atoms with Gasteiger partial charge in [0, 0.05) is 23.4 Å². The Labute approximate surface area is 193 Å². The molecule has 168 valence electrons. The highest BCUT2D eigenvalue weighted by Crippen LogP contribution is 2.45. The summed E-state index contributed by atoms with van der Waals surface area (Å²) in [6, 6.07) is 16.7. The number of hydrogen-bond acceptors (Lipinski definition) is 5. The first kappa shape index (κ1) is 21.1. The molecule has 2 aromatic carbocycles. The van der Waals surface area contributed by atoms with Crippen molar-refractivity contribution in [3.63, 3.8) is 0 Å². The molecule has 6 nitrogen and oxygen atoms in total. The number of allylic oxidation sites excluding steroid dienone is 2. The Hall–Kier alpha value is -3.80. The Morgan fingerprint density at radius 2 is 1.88 bits per heavy atom. The summed E-state index contributed by atoms with van der Waals surface area (Å²) in [4.78, 5) is 12.8. The maximum absolute atomic E-state index is 12.8. The summed E-state index contributed by atoms with van der Waals surface area (Å²) in [5.74, 6) is 1.86. The van der Waals surface area contributed by atoms with Gasteiger partial charge in [-0.1, -0.05) is 55.1 Å². The van der Waals surface area contributed by atoms with Crippen molar-refractivity contribution in [2.24, 2.45) is 0 Å². The molecule has 0 aliphatic heterocycles. The molecule has 2 aliphatic carbocycles. The lowest BCUT2D eigenvalue weighted by Gasteiger charge is -2.35. The van der Waals surface area contributed by atoms with Crippen LogP contribution in [0.2, 0.25) is 0 Å². The molecule has 0 radical (unpaired) electrons. The van der Waals surface area contributed by atoms with Crippen molar-refractivity contribution in [3.05, 3.63) is 89.6 Å². The van der Waals surface area contributed by atoms with Crippen molar-refractivity contribution in [1.29, 1.82) is 0 Å². The van der Waals surface area contributed by atoms with E-state index >= 15 is 0 Å². The molecular formula is C27H27N3O3. The van der Waals surface area contributed by atoms with Gasteiger partial charge in [-0.05, 0) is 42.2 Å². The summed E-state index contributed by atoms with van der Waals surface area (Å²) >= 11 is 0. The van der Waals surface area contributed by atoms with Gasteiger partial charge < -0.3 is 14.8 Å². The number of benzene rings is 2. The van der Waals surface area contributed by atoms with Gasteiger partial charge in [0.05, 0.1) is 19.9 Å². The maximum atomic E-state index is 12.8. The molecule has 1 fully saturated rings. The molecule has 5 rings (SSSR count). The van der Waals surface area contributed by atoms with Gasteiger partial charge >= 0.3 is 0 Å². The lowest BCUT2D eigenvalue weighted by atomic mass is 9.68. The lowest BCUT2D eigenvalue weighted by Crippen LogP contribution is -2.32. The van der Waals surface area contributed by atoms with E-state index in [2.05, 4.69) is 47.3 Å². The van der Waals surface area contributed by atoms with E-state index in [0.29, 0.717) is 24.0 Å². The second-order valence-corrected chi connectivity index (χ2v) is 8.50. The minimum absolute atomic E-state index is 0.236. The third kappa shape index (κ3) is 3.61. The topological polar surface area (TPSA) is 65.4 Å². The molecule has 0 bridgehead atoms. The van der Waals surface area contributed by atoms with Crippen LogP contribution in [0.3, 0.4) is 0 Å². The second kappa shape index (κ2) is 8.28. The van der Waals surface area contributed by atoms with Gasteiger partial charge in [-0.2, -0.15) is 4.68 Å². The molecule has 0 spiro atoms. The molecule has 1 N–H and O–H groups in total. The van der Waals surface area contributed by atoms with Crippen molar-refractivity contribution in [1.82, 2.24) is 9.78 Å². The fourth-order valence-corrected chi connectivity index (χ4v) is 4.57. The molecule has 1 unspecified atom stereocenters. The fourth-order valence-electron chi connectivity index (χ4n) is 4.57. The van der Waals surface area contributed by atoms with E-state index in [-0.39, 0.29) is 5.91 Å². The highest BCUT2D eigenvalue weighted by atomic mass is 16.5. The summed E-state index contributed by atoms with van der Waals surface area (Å²) in [6.07, 6.45) is 8.44. The Morgan fingerprint density at radius 1 is 1.12 bits per heavy atom. The van der Waals surface area contributed by atoms with E-state index in [9.17, 15) is 4.79 Å². The van der Waals surface area contributed by atoms with E-state index in [4.69, 9.17) is 9.47 Å². The van der Waals surface area contributed by atoms with Crippen LogP contribution in [-0.4, -0.2) is 35.9 Å². The predicted molar refractivity (Wildman–Crippen MR) is 129 cm³/mol.